The van der Waals surface area contributed by atoms with Crippen molar-refractivity contribution in [2.75, 3.05) is 13.7 Å². The largest absolute Gasteiger partial charge is 0.497 e. The molecule has 0 saturated carbocycles. The van der Waals surface area contributed by atoms with Gasteiger partial charge in [-0.15, -0.1) is 35.3 Å². The molecule has 3 N–H and O–H groups in total. The molecule has 0 bridgehead atoms. The summed E-state index contributed by atoms with van der Waals surface area (Å²) in [6, 6.07) is 12.2. The van der Waals surface area contributed by atoms with Gasteiger partial charge in [0.1, 0.15) is 5.75 Å². The molecule has 4 nitrogen and oxygen atoms in total. The van der Waals surface area contributed by atoms with E-state index in [2.05, 4.69) is 41.2 Å². The molecular formula is C17H22IN3OS. The molecule has 0 aliphatic carbocycles. The van der Waals surface area contributed by atoms with E-state index < -0.39 is 0 Å². The zero-order valence-electron chi connectivity index (χ0n) is 13.3. The van der Waals surface area contributed by atoms with E-state index in [9.17, 15) is 0 Å². The van der Waals surface area contributed by atoms with Crippen molar-refractivity contribution in [3.63, 3.8) is 0 Å². The fourth-order valence-electron chi connectivity index (χ4n) is 1.83. The number of benzene rings is 1. The number of nitrogens with one attached hydrogen (secondary N) is 1. The molecule has 0 fully saturated rings. The van der Waals surface area contributed by atoms with Crippen molar-refractivity contribution in [2.24, 2.45) is 10.7 Å². The van der Waals surface area contributed by atoms with Crippen molar-refractivity contribution in [1.29, 1.82) is 0 Å². The maximum absolute atomic E-state index is 5.81. The number of hydrogen-bond donors (Lipinski definition) is 2. The maximum Gasteiger partial charge on any atom is 0.189 e. The molecule has 1 aromatic carbocycles. The monoisotopic (exact) mass is 443 g/mol. The summed E-state index contributed by atoms with van der Waals surface area (Å²) >= 11 is 1.72. The summed E-state index contributed by atoms with van der Waals surface area (Å²) in [5, 5.41) is 3.02. The molecule has 0 unspecified atom stereocenters. The number of nitrogens with two attached hydrogens (primary N) is 1. The van der Waals surface area contributed by atoms with Crippen molar-refractivity contribution in [2.45, 2.75) is 13.5 Å². The lowest BCUT2D eigenvalue weighted by Gasteiger charge is -2.04. The summed E-state index contributed by atoms with van der Waals surface area (Å²) in [6.07, 6.45) is 0. The van der Waals surface area contributed by atoms with E-state index in [1.807, 2.05) is 19.1 Å². The lowest BCUT2D eigenvalue weighted by Crippen LogP contribution is -2.32. The Balaban J connectivity index is 0.00000264. The van der Waals surface area contributed by atoms with E-state index in [0.717, 1.165) is 11.3 Å². The first-order chi connectivity index (χ1) is 10.6. The number of thiophene rings is 1. The molecule has 124 valence electrons. The van der Waals surface area contributed by atoms with Crippen LogP contribution in [-0.2, 0) is 6.54 Å². The summed E-state index contributed by atoms with van der Waals surface area (Å²) in [5.74, 6) is 1.31. The van der Waals surface area contributed by atoms with Gasteiger partial charge in [-0.1, -0.05) is 12.2 Å². The molecule has 0 aliphatic rings. The van der Waals surface area contributed by atoms with Gasteiger partial charge in [0.25, 0.3) is 0 Å². The zero-order valence-corrected chi connectivity index (χ0v) is 16.5. The first-order valence-corrected chi connectivity index (χ1v) is 7.81. The van der Waals surface area contributed by atoms with Gasteiger partial charge in [-0.05, 0) is 48.9 Å². The van der Waals surface area contributed by atoms with Gasteiger partial charge in [-0.2, -0.15) is 0 Å². The minimum absolute atomic E-state index is 0. The van der Waals surface area contributed by atoms with Gasteiger partial charge in [-0.3, -0.25) is 0 Å². The predicted octanol–water partition coefficient (Wildman–Crippen LogP) is 4.02. The summed E-state index contributed by atoms with van der Waals surface area (Å²) in [6.45, 7) is 6.99. The van der Waals surface area contributed by atoms with Gasteiger partial charge in [0.05, 0.1) is 13.7 Å². The van der Waals surface area contributed by atoms with Crippen molar-refractivity contribution < 1.29 is 4.74 Å². The lowest BCUT2D eigenvalue weighted by atomic mass is 10.2. The van der Waals surface area contributed by atoms with E-state index in [1.165, 1.54) is 15.3 Å². The van der Waals surface area contributed by atoms with Crippen molar-refractivity contribution in [3.8, 4) is 16.2 Å². The van der Waals surface area contributed by atoms with Crippen LogP contribution in [0.4, 0.5) is 0 Å². The van der Waals surface area contributed by atoms with Crippen LogP contribution >= 0.6 is 35.3 Å². The number of rotatable bonds is 6. The third-order valence-corrected chi connectivity index (χ3v) is 4.13. The Morgan fingerprint density at radius 1 is 1.26 bits per heavy atom. The number of nitrogens with zero attached hydrogens (tertiary/aromatic N) is 1. The fraction of sp³-hybridized carbons (Fsp3) is 0.235. The number of ether oxygens (including phenoxy) is 1. The zero-order chi connectivity index (χ0) is 15.9. The Hall–Kier alpha value is -1.54. The molecule has 6 heteroatoms. The SMILES string of the molecule is C=C(C)CNC(N)=NCc1ccc(-c2ccc(OC)cc2)s1.I. The molecule has 0 aliphatic heterocycles. The lowest BCUT2D eigenvalue weighted by molar-refractivity contribution is 0.415. The molecule has 0 radical (unpaired) electrons. The summed E-state index contributed by atoms with van der Waals surface area (Å²) in [7, 11) is 1.67. The highest BCUT2D eigenvalue weighted by Gasteiger charge is 2.03. The van der Waals surface area contributed by atoms with Crippen LogP contribution in [0.5, 0.6) is 5.75 Å². The molecule has 1 heterocycles. The molecular weight excluding hydrogens is 421 g/mol. The van der Waals surface area contributed by atoms with Crippen LogP contribution in [0.2, 0.25) is 0 Å². The Morgan fingerprint density at radius 3 is 2.57 bits per heavy atom. The predicted molar refractivity (Wildman–Crippen MR) is 110 cm³/mol. The Labute approximate surface area is 158 Å². The Bertz CT molecular complexity index is 665. The second-order valence-corrected chi connectivity index (χ2v) is 6.17. The number of halogens is 1. The average molecular weight is 443 g/mol. The summed E-state index contributed by atoms with van der Waals surface area (Å²) in [4.78, 5) is 6.72. The third-order valence-electron chi connectivity index (χ3n) is 3.01. The standard InChI is InChI=1S/C17H21N3OS.HI/c1-12(2)10-19-17(18)20-11-15-8-9-16(22-15)13-4-6-14(21-3)7-5-13;/h4-9H,1,10-11H2,2-3H3,(H3,18,19,20);1H. The van der Waals surface area contributed by atoms with Crippen LogP contribution in [0.25, 0.3) is 10.4 Å². The molecule has 0 saturated heterocycles. The topological polar surface area (TPSA) is 59.6 Å². The van der Waals surface area contributed by atoms with Gasteiger partial charge in [0.15, 0.2) is 5.96 Å². The van der Waals surface area contributed by atoms with E-state index in [1.54, 1.807) is 18.4 Å². The number of aliphatic imine (C=N–C) groups is 1. The van der Waals surface area contributed by atoms with Crippen LogP contribution in [0.3, 0.4) is 0 Å². The van der Waals surface area contributed by atoms with Gasteiger partial charge < -0.3 is 15.8 Å². The van der Waals surface area contributed by atoms with Crippen LogP contribution in [0, 0.1) is 0 Å². The van der Waals surface area contributed by atoms with Crippen LogP contribution in [0.1, 0.15) is 11.8 Å². The van der Waals surface area contributed by atoms with Crippen LogP contribution in [0.15, 0.2) is 53.5 Å². The fourth-order valence-corrected chi connectivity index (χ4v) is 2.77. The molecule has 1 aromatic heterocycles. The molecule has 0 atom stereocenters. The number of guanidine groups is 1. The Morgan fingerprint density at radius 2 is 1.96 bits per heavy atom. The first-order valence-electron chi connectivity index (χ1n) is 7.00. The highest BCUT2D eigenvalue weighted by atomic mass is 127. The van der Waals surface area contributed by atoms with Crippen LogP contribution < -0.4 is 15.8 Å². The Kier molecular flexibility index (Phi) is 8.11. The summed E-state index contributed by atoms with van der Waals surface area (Å²) in [5.41, 5.74) is 8.01. The van der Waals surface area contributed by atoms with E-state index in [-0.39, 0.29) is 24.0 Å². The average Bonchev–Trinajstić information content (AvgIpc) is 3.00. The summed E-state index contributed by atoms with van der Waals surface area (Å²) < 4.78 is 5.17. The minimum Gasteiger partial charge on any atom is -0.497 e. The van der Waals surface area contributed by atoms with E-state index >= 15 is 0 Å². The van der Waals surface area contributed by atoms with E-state index in [0.29, 0.717) is 19.0 Å². The smallest absolute Gasteiger partial charge is 0.189 e. The molecule has 2 aromatic rings. The third kappa shape index (κ3) is 6.23. The molecule has 0 amide bonds. The highest BCUT2D eigenvalue weighted by molar-refractivity contribution is 14.0. The molecule has 2 rings (SSSR count). The first kappa shape index (κ1) is 19.5. The molecule has 23 heavy (non-hydrogen) atoms. The number of hydrogen-bond acceptors (Lipinski definition) is 3. The maximum atomic E-state index is 5.81. The molecule has 0 spiro atoms. The van der Waals surface area contributed by atoms with Gasteiger partial charge in [0, 0.05) is 16.3 Å². The van der Waals surface area contributed by atoms with Crippen molar-refractivity contribution in [1.82, 2.24) is 5.32 Å². The highest BCUT2D eigenvalue weighted by Crippen LogP contribution is 2.29. The second kappa shape index (κ2) is 9.57. The van der Waals surface area contributed by atoms with Crippen molar-refractivity contribution in [3.05, 3.63) is 53.4 Å². The van der Waals surface area contributed by atoms with E-state index in [4.69, 9.17) is 10.5 Å². The van der Waals surface area contributed by atoms with Crippen LogP contribution in [-0.4, -0.2) is 19.6 Å². The normalized spacial score (nSPS) is 10.8. The van der Waals surface area contributed by atoms with Gasteiger partial charge in [-0.25, -0.2) is 4.99 Å². The van der Waals surface area contributed by atoms with Gasteiger partial charge in [0.2, 0.25) is 0 Å². The van der Waals surface area contributed by atoms with Crippen molar-refractivity contribution >= 4 is 41.3 Å². The number of methoxy groups -OCH3 is 1. The quantitative estimate of drug-likeness (QED) is 0.307. The minimum atomic E-state index is 0. The van der Waals surface area contributed by atoms with Gasteiger partial charge >= 0.3 is 0 Å². The second-order valence-electron chi connectivity index (χ2n) is 5.01.